The van der Waals surface area contributed by atoms with Gasteiger partial charge in [-0.2, -0.15) is 10.2 Å². The van der Waals surface area contributed by atoms with Crippen molar-refractivity contribution in [2.75, 3.05) is 19.0 Å². The van der Waals surface area contributed by atoms with E-state index in [0.29, 0.717) is 41.6 Å². The van der Waals surface area contributed by atoms with Crippen LogP contribution in [-0.2, 0) is 27.1 Å². The zero-order chi connectivity index (χ0) is 22.3. The summed E-state index contributed by atoms with van der Waals surface area (Å²) in [5, 5.41) is 11.5. The van der Waals surface area contributed by atoms with Crippen molar-refractivity contribution in [3.05, 3.63) is 60.9 Å². The van der Waals surface area contributed by atoms with Gasteiger partial charge in [0, 0.05) is 25.7 Å². The van der Waals surface area contributed by atoms with Crippen LogP contribution in [0.15, 0.2) is 59.5 Å². The zero-order valence-corrected chi connectivity index (χ0v) is 17.9. The van der Waals surface area contributed by atoms with Crippen LogP contribution in [0.2, 0.25) is 0 Å². The number of carbonyl (C=O) groups is 1. The Morgan fingerprint density at radius 2 is 2.12 bits per heavy atom. The summed E-state index contributed by atoms with van der Waals surface area (Å²) in [5.74, 6) is 0.154. The number of anilines is 1. The Kier molecular flexibility index (Phi) is 6.81. The maximum absolute atomic E-state index is 12.8. The monoisotopic (exact) mass is 454 g/mol. The Morgan fingerprint density at radius 3 is 2.91 bits per heavy atom. The Balaban J connectivity index is 1.53. The molecule has 32 heavy (non-hydrogen) atoms. The van der Waals surface area contributed by atoms with Gasteiger partial charge in [0.15, 0.2) is 12.5 Å². The van der Waals surface area contributed by atoms with E-state index < -0.39 is 14.6 Å². The molecular formula is C20H19N6O5P. The minimum absolute atomic E-state index is 0.0302. The molecule has 0 atom stereocenters. The Morgan fingerprint density at radius 1 is 1.22 bits per heavy atom. The molecule has 0 bridgehead atoms. The minimum Gasteiger partial charge on any atom is -0.451 e. The van der Waals surface area contributed by atoms with E-state index in [1.165, 1.54) is 4.68 Å². The standard InChI is InChI=1S/C20H19N6O5P/c1-29-9-8-25-12-16(19(24-25)15-4-2-3-7-21-15)23-20(27)18-6-5-17(31-18)14-10-22-26(11-14)13-30-32-28/h2-7,10-12H,8-9,13H2,1H3,(H,23,27). The van der Waals surface area contributed by atoms with Gasteiger partial charge in [-0.3, -0.25) is 19.0 Å². The predicted molar refractivity (Wildman–Crippen MR) is 114 cm³/mol. The average Bonchev–Trinajstić information content (AvgIpc) is 3.56. The van der Waals surface area contributed by atoms with Gasteiger partial charge in [-0.15, -0.1) is 0 Å². The van der Waals surface area contributed by atoms with Gasteiger partial charge in [0.25, 0.3) is 5.91 Å². The highest BCUT2D eigenvalue weighted by molar-refractivity contribution is 7.17. The molecule has 12 heteroatoms. The molecule has 0 spiro atoms. The van der Waals surface area contributed by atoms with Crippen LogP contribution >= 0.6 is 8.69 Å². The van der Waals surface area contributed by atoms with Gasteiger partial charge >= 0.3 is 8.69 Å². The number of aromatic nitrogens is 5. The number of methoxy groups -OCH3 is 1. The normalized spacial score (nSPS) is 11.2. The van der Waals surface area contributed by atoms with Crippen molar-refractivity contribution in [1.29, 1.82) is 0 Å². The summed E-state index contributed by atoms with van der Waals surface area (Å²) in [5.41, 5.74) is 2.33. The lowest BCUT2D eigenvalue weighted by molar-refractivity contribution is 0.0997. The van der Waals surface area contributed by atoms with E-state index in [1.54, 1.807) is 48.7 Å². The fraction of sp³-hybridized carbons (Fsp3) is 0.200. The van der Waals surface area contributed by atoms with Gasteiger partial charge < -0.3 is 14.5 Å². The third-order valence-corrected chi connectivity index (χ3v) is 4.65. The molecule has 0 aliphatic carbocycles. The summed E-state index contributed by atoms with van der Waals surface area (Å²) < 4.78 is 29.1. The van der Waals surface area contributed by atoms with Crippen LogP contribution < -0.4 is 5.32 Å². The van der Waals surface area contributed by atoms with Crippen molar-refractivity contribution in [2.45, 2.75) is 13.3 Å². The predicted octanol–water partition coefficient (Wildman–Crippen LogP) is 3.48. The smallest absolute Gasteiger partial charge is 0.329 e. The van der Waals surface area contributed by atoms with E-state index in [1.807, 2.05) is 18.2 Å². The molecule has 0 aromatic carbocycles. The highest BCUT2D eigenvalue weighted by Crippen LogP contribution is 2.27. The van der Waals surface area contributed by atoms with Crippen molar-refractivity contribution in [2.24, 2.45) is 0 Å². The molecule has 164 valence electrons. The number of nitrogens with zero attached hydrogens (tertiary/aromatic N) is 5. The van der Waals surface area contributed by atoms with Gasteiger partial charge in [0.1, 0.15) is 11.5 Å². The molecule has 0 saturated heterocycles. The number of rotatable bonds is 10. The van der Waals surface area contributed by atoms with Crippen LogP contribution in [-0.4, -0.2) is 44.2 Å². The third-order valence-electron chi connectivity index (χ3n) is 4.43. The van der Waals surface area contributed by atoms with Crippen molar-refractivity contribution >= 4 is 20.3 Å². The van der Waals surface area contributed by atoms with Crippen LogP contribution in [0.25, 0.3) is 22.7 Å². The molecule has 0 unspecified atom stereocenters. The van der Waals surface area contributed by atoms with Crippen molar-refractivity contribution in [3.8, 4) is 22.7 Å². The second kappa shape index (κ2) is 10.1. The lowest BCUT2D eigenvalue weighted by atomic mass is 10.2. The maximum atomic E-state index is 12.8. The second-order valence-electron chi connectivity index (χ2n) is 6.58. The first-order valence-corrected chi connectivity index (χ1v) is 10.3. The van der Waals surface area contributed by atoms with Crippen LogP contribution in [0.3, 0.4) is 0 Å². The number of pyridine rings is 1. The lowest BCUT2D eigenvalue weighted by Crippen LogP contribution is -2.11. The van der Waals surface area contributed by atoms with Gasteiger partial charge in [0.05, 0.1) is 36.3 Å². The largest absolute Gasteiger partial charge is 0.451 e. The Labute approximate surface area is 184 Å². The first kappa shape index (κ1) is 21.6. The lowest BCUT2D eigenvalue weighted by Gasteiger charge is -2.03. The van der Waals surface area contributed by atoms with E-state index in [2.05, 4.69) is 20.5 Å². The summed E-state index contributed by atoms with van der Waals surface area (Å²) in [7, 11) is 1.18. The van der Waals surface area contributed by atoms with E-state index in [9.17, 15) is 9.36 Å². The van der Waals surface area contributed by atoms with Crippen LogP contribution in [0, 0.1) is 0 Å². The fourth-order valence-corrected chi connectivity index (χ4v) is 3.11. The molecule has 4 heterocycles. The number of hydrogen-bond acceptors (Lipinski definition) is 8. The summed E-state index contributed by atoms with van der Waals surface area (Å²) in [6.07, 6.45) is 6.61. The van der Waals surface area contributed by atoms with Gasteiger partial charge in [-0.25, -0.2) is 9.25 Å². The molecule has 0 fully saturated rings. The first-order chi connectivity index (χ1) is 15.7. The van der Waals surface area contributed by atoms with Crippen molar-refractivity contribution in [3.63, 3.8) is 0 Å². The number of nitrogens with one attached hydrogen (secondary N) is 1. The summed E-state index contributed by atoms with van der Waals surface area (Å²) in [4.78, 5) is 17.2. The molecule has 4 aromatic heterocycles. The molecule has 11 nitrogen and oxygen atoms in total. The SMILES string of the molecule is COCCn1cc(NC(=O)c2ccc(-c3cnn(COP=O)c3)o2)c(-c2ccccn2)n1. The highest BCUT2D eigenvalue weighted by atomic mass is 31.1. The molecule has 0 radical (unpaired) electrons. The van der Waals surface area contributed by atoms with Gasteiger partial charge in [0.2, 0.25) is 0 Å². The number of ether oxygens (including phenoxy) is 1. The first-order valence-electron chi connectivity index (χ1n) is 9.54. The molecule has 0 saturated carbocycles. The molecule has 0 aliphatic rings. The number of carbonyl (C=O) groups excluding carboxylic acids is 1. The number of furan rings is 1. The average molecular weight is 454 g/mol. The fourth-order valence-electron chi connectivity index (χ4n) is 2.95. The maximum Gasteiger partial charge on any atom is 0.329 e. The summed E-state index contributed by atoms with van der Waals surface area (Å²) >= 11 is 0. The van der Waals surface area contributed by atoms with E-state index in [4.69, 9.17) is 13.7 Å². The number of amides is 1. The van der Waals surface area contributed by atoms with Crippen LogP contribution in [0.5, 0.6) is 0 Å². The third kappa shape index (κ3) is 4.97. The topological polar surface area (TPSA) is 126 Å². The minimum atomic E-state index is -0.430. The van der Waals surface area contributed by atoms with Gasteiger partial charge in [-0.1, -0.05) is 6.07 Å². The van der Waals surface area contributed by atoms with Crippen molar-refractivity contribution in [1.82, 2.24) is 24.5 Å². The molecule has 4 rings (SSSR count). The Bertz CT molecular complexity index is 1200. The van der Waals surface area contributed by atoms with Crippen LogP contribution in [0.1, 0.15) is 10.6 Å². The van der Waals surface area contributed by atoms with Crippen molar-refractivity contribution < 1.29 is 23.0 Å². The Hall–Kier alpha value is -3.66. The second-order valence-corrected chi connectivity index (χ2v) is 6.99. The highest BCUT2D eigenvalue weighted by Gasteiger charge is 2.18. The van der Waals surface area contributed by atoms with E-state index in [-0.39, 0.29) is 12.5 Å². The molecule has 0 aliphatic heterocycles. The summed E-state index contributed by atoms with van der Waals surface area (Å²) in [6.45, 7) is 1.03. The van der Waals surface area contributed by atoms with E-state index >= 15 is 0 Å². The van der Waals surface area contributed by atoms with Crippen LogP contribution in [0.4, 0.5) is 5.69 Å². The van der Waals surface area contributed by atoms with E-state index in [0.717, 1.165) is 0 Å². The zero-order valence-electron chi connectivity index (χ0n) is 17.0. The molecule has 1 N–H and O–H groups in total. The summed E-state index contributed by atoms with van der Waals surface area (Å²) in [6, 6.07) is 8.72. The molecule has 4 aromatic rings. The molecule has 1 amide bonds. The molecular weight excluding hydrogens is 435 g/mol. The van der Waals surface area contributed by atoms with Gasteiger partial charge in [-0.05, 0) is 24.3 Å². The number of hydrogen-bond donors (Lipinski definition) is 1. The quantitative estimate of drug-likeness (QED) is 0.361.